The number of hydrogen-bond donors (Lipinski definition) is 2. The van der Waals surface area contributed by atoms with Crippen LogP contribution in [-0.2, 0) is 14.4 Å². The van der Waals surface area contributed by atoms with Gasteiger partial charge < -0.3 is 15.3 Å². The number of nitrogens with zero attached hydrogens (tertiary/aromatic N) is 3. The minimum atomic E-state index is -0.564. The SMILES string of the molecule is CCC1=NN(C(C)(C)C)C(=O)C1=C1C(=O)C(c2ccc(N(CC)CC)cc2NC(=O)CC2CCCC2)=C1O. The third kappa shape index (κ3) is 5.00. The Morgan fingerprint density at radius 3 is 2.29 bits per heavy atom. The van der Waals surface area contributed by atoms with Crippen molar-refractivity contribution in [2.24, 2.45) is 11.0 Å². The van der Waals surface area contributed by atoms with E-state index >= 15 is 0 Å². The number of ketones is 1. The van der Waals surface area contributed by atoms with Crippen molar-refractivity contribution in [3.05, 3.63) is 40.7 Å². The number of rotatable bonds is 8. The van der Waals surface area contributed by atoms with Crippen LogP contribution in [-0.4, -0.2) is 52.1 Å². The second-order valence-corrected chi connectivity index (χ2v) is 11.3. The molecule has 2 amide bonds. The van der Waals surface area contributed by atoms with Crippen LogP contribution in [0, 0.1) is 5.92 Å². The number of aliphatic hydroxyl groups is 1. The molecule has 1 heterocycles. The van der Waals surface area contributed by atoms with E-state index in [9.17, 15) is 19.5 Å². The fourth-order valence-electron chi connectivity index (χ4n) is 5.60. The van der Waals surface area contributed by atoms with Crippen molar-refractivity contribution in [3.63, 3.8) is 0 Å². The van der Waals surface area contributed by atoms with Gasteiger partial charge in [-0.15, -0.1) is 0 Å². The molecule has 0 unspecified atom stereocenters. The van der Waals surface area contributed by atoms with Crippen LogP contribution < -0.4 is 10.2 Å². The third-order valence-electron chi connectivity index (χ3n) is 7.69. The summed E-state index contributed by atoms with van der Waals surface area (Å²) >= 11 is 0. The molecule has 4 rings (SSSR count). The van der Waals surface area contributed by atoms with Crippen LogP contribution in [0.2, 0.25) is 0 Å². The van der Waals surface area contributed by atoms with Gasteiger partial charge in [0.2, 0.25) is 11.7 Å². The molecule has 2 aliphatic carbocycles. The first kappa shape index (κ1) is 27.6. The summed E-state index contributed by atoms with van der Waals surface area (Å²) in [4.78, 5) is 42.0. The number of Topliss-reactive ketones (excluding diaryl/α,β-unsaturated/α-hetero) is 1. The van der Waals surface area contributed by atoms with E-state index in [4.69, 9.17) is 0 Å². The van der Waals surface area contributed by atoms with Gasteiger partial charge in [-0.1, -0.05) is 19.8 Å². The van der Waals surface area contributed by atoms with Gasteiger partial charge >= 0.3 is 0 Å². The largest absolute Gasteiger partial charge is 0.506 e. The zero-order chi connectivity index (χ0) is 27.8. The lowest BCUT2D eigenvalue weighted by Gasteiger charge is -2.29. The van der Waals surface area contributed by atoms with Gasteiger partial charge in [0.15, 0.2) is 0 Å². The molecule has 0 saturated heterocycles. The Morgan fingerprint density at radius 2 is 1.74 bits per heavy atom. The van der Waals surface area contributed by atoms with Crippen molar-refractivity contribution < 1.29 is 19.5 Å². The third-order valence-corrected chi connectivity index (χ3v) is 7.69. The number of carbonyl (C=O) groups excluding carboxylic acids is 3. The first-order valence-corrected chi connectivity index (χ1v) is 13.9. The first-order valence-electron chi connectivity index (χ1n) is 13.9. The Balaban J connectivity index is 1.75. The number of hydrogen-bond acceptors (Lipinski definition) is 6. The number of nitrogens with one attached hydrogen (secondary N) is 1. The van der Waals surface area contributed by atoms with Crippen LogP contribution in [0.5, 0.6) is 0 Å². The topological polar surface area (TPSA) is 102 Å². The van der Waals surface area contributed by atoms with Crippen LogP contribution in [0.3, 0.4) is 0 Å². The maximum Gasteiger partial charge on any atom is 0.277 e. The Hall–Kier alpha value is -3.42. The lowest BCUT2D eigenvalue weighted by Crippen LogP contribution is -2.40. The van der Waals surface area contributed by atoms with Crippen molar-refractivity contribution in [2.75, 3.05) is 23.3 Å². The monoisotopic (exact) mass is 520 g/mol. The van der Waals surface area contributed by atoms with Gasteiger partial charge in [-0.25, -0.2) is 5.01 Å². The molecule has 1 fully saturated rings. The number of aliphatic hydroxyl groups excluding tert-OH is 1. The molecule has 2 N–H and O–H groups in total. The van der Waals surface area contributed by atoms with Gasteiger partial charge in [-0.05, 0) is 78.0 Å². The number of allylic oxidation sites excluding steroid dienone is 2. The summed E-state index contributed by atoms with van der Waals surface area (Å²) in [5.74, 6) is -0.732. The predicted octanol–water partition coefficient (Wildman–Crippen LogP) is 5.61. The lowest BCUT2D eigenvalue weighted by molar-refractivity contribution is -0.130. The summed E-state index contributed by atoms with van der Waals surface area (Å²) in [7, 11) is 0. The Labute approximate surface area is 225 Å². The number of carbonyl (C=O) groups is 3. The average Bonchev–Trinajstić information content (AvgIpc) is 3.49. The first-order chi connectivity index (χ1) is 18.0. The molecule has 1 aromatic carbocycles. The highest BCUT2D eigenvalue weighted by molar-refractivity contribution is 6.44. The van der Waals surface area contributed by atoms with E-state index in [1.165, 1.54) is 5.01 Å². The molecular weight excluding hydrogens is 480 g/mol. The van der Waals surface area contributed by atoms with Gasteiger partial charge in [0.25, 0.3) is 5.91 Å². The molecule has 0 spiro atoms. The van der Waals surface area contributed by atoms with E-state index < -0.39 is 11.3 Å². The molecule has 1 saturated carbocycles. The highest BCUT2D eigenvalue weighted by atomic mass is 16.3. The van der Waals surface area contributed by atoms with Gasteiger partial charge in [0.05, 0.1) is 33.7 Å². The molecule has 0 radical (unpaired) electrons. The fraction of sp³-hybridized carbons (Fsp3) is 0.533. The van der Waals surface area contributed by atoms with E-state index in [1.807, 2.05) is 39.8 Å². The van der Waals surface area contributed by atoms with E-state index in [2.05, 4.69) is 29.2 Å². The minimum Gasteiger partial charge on any atom is -0.506 e. The second kappa shape index (κ2) is 10.8. The zero-order valence-electron chi connectivity index (χ0n) is 23.5. The number of hydrazone groups is 1. The van der Waals surface area contributed by atoms with Gasteiger partial charge in [-0.2, -0.15) is 5.10 Å². The molecule has 0 atom stereocenters. The van der Waals surface area contributed by atoms with Gasteiger partial charge in [0, 0.05) is 30.8 Å². The van der Waals surface area contributed by atoms with Crippen LogP contribution in [0.1, 0.15) is 85.6 Å². The molecule has 3 aliphatic rings. The maximum absolute atomic E-state index is 13.5. The molecule has 8 nitrogen and oxygen atoms in total. The van der Waals surface area contributed by atoms with Crippen molar-refractivity contribution in [3.8, 4) is 0 Å². The summed E-state index contributed by atoms with van der Waals surface area (Å²) in [6, 6.07) is 5.54. The minimum absolute atomic E-state index is 0.00778. The van der Waals surface area contributed by atoms with Crippen LogP contribution in [0.15, 0.2) is 40.2 Å². The molecule has 1 aliphatic heterocycles. The summed E-state index contributed by atoms with van der Waals surface area (Å²) in [6.07, 6.45) is 5.32. The zero-order valence-corrected chi connectivity index (χ0v) is 23.5. The summed E-state index contributed by atoms with van der Waals surface area (Å²) in [6.45, 7) is 13.2. The van der Waals surface area contributed by atoms with E-state index in [-0.39, 0.29) is 34.3 Å². The quantitative estimate of drug-likeness (QED) is 0.434. The summed E-state index contributed by atoms with van der Waals surface area (Å²) < 4.78 is 0. The molecule has 38 heavy (non-hydrogen) atoms. The Bertz CT molecular complexity index is 1240. The Morgan fingerprint density at radius 1 is 1.08 bits per heavy atom. The molecule has 0 bridgehead atoms. The van der Waals surface area contributed by atoms with Gasteiger partial charge in [0.1, 0.15) is 5.76 Å². The smallest absolute Gasteiger partial charge is 0.277 e. The molecule has 8 heteroatoms. The predicted molar refractivity (Wildman–Crippen MR) is 151 cm³/mol. The summed E-state index contributed by atoms with van der Waals surface area (Å²) in [5, 5.41) is 20.1. The molecular formula is C30H40N4O4. The molecule has 204 valence electrons. The van der Waals surface area contributed by atoms with E-state index in [0.29, 0.717) is 35.7 Å². The molecule has 1 aromatic rings. The normalized spacial score (nSPS) is 20.3. The van der Waals surface area contributed by atoms with Crippen LogP contribution >= 0.6 is 0 Å². The van der Waals surface area contributed by atoms with Crippen molar-refractivity contribution >= 4 is 40.3 Å². The van der Waals surface area contributed by atoms with Crippen LogP contribution in [0.4, 0.5) is 11.4 Å². The van der Waals surface area contributed by atoms with Crippen LogP contribution in [0.25, 0.3) is 5.57 Å². The number of benzene rings is 1. The standard InChI is InChI=1S/C30H40N4O4/c1-7-21-25(29(38)34(32-21)30(4,5)6)26-27(36)24(28(26)37)20-15-14-19(33(8-2)9-3)17-22(20)31-23(35)16-18-12-10-11-13-18/h14-15,17-18,36H,7-13,16H2,1-6H3,(H,31,35). The average molecular weight is 521 g/mol. The van der Waals surface area contributed by atoms with Crippen molar-refractivity contribution in [1.29, 1.82) is 0 Å². The highest BCUT2D eigenvalue weighted by Gasteiger charge is 2.45. The molecule has 0 aromatic heterocycles. The lowest BCUT2D eigenvalue weighted by atomic mass is 9.79. The van der Waals surface area contributed by atoms with Crippen molar-refractivity contribution in [2.45, 2.75) is 85.6 Å². The second-order valence-electron chi connectivity index (χ2n) is 11.3. The fourth-order valence-corrected chi connectivity index (χ4v) is 5.60. The van der Waals surface area contributed by atoms with Crippen molar-refractivity contribution in [1.82, 2.24) is 5.01 Å². The number of anilines is 2. The number of amides is 2. The highest BCUT2D eigenvalue weighted by Crippen LogP contribution is 2.44. The van der Waals surface area contributed by atoms with E-state index in [1.54, 1.807) is 6.07 Å². The van der Waals surface area contributed by atoms with Gasteiger partial charge in [-0.3, -0.25) is 14.4 Å². The summed E-state index contributed by atoms with van der Waals surface area (Å²) in [5.41, 5.74) is 2.09. The maximum atomic E-state index is 13.5. The van der Waals surface area contributed by atoms with E-state index in [0.717, 1.165) is 44.5 Å². The Kier molecular flexibility index (Phi) is 7.81.